The molecule has 1 aromatic carbocycles. The Labute approximate surface area is 160 Å². The zero-order valence-corrected chi connectivity index (χ0v) is 15.7. The van der Waals surface area contributed by atoms with E-state index in [0.29, 0.717) is 22.8 Å². The number of benzene rings is 1. The fraction of sp³-hybridized carbons (Fsp3) is 0.100. The molecule has 0 saturated carbocycles. The second-order valence-corrected chi connectivity index (χ2v) is 6.50. The van der Waals surface area contributed by atoms with Gasteiger partial charge in [0.15, 0.2) is 5.13 Å². The largest absolute Gasteiger partial charge is 0.385 e. The average Bonchev–Trinajstić information content (AvgIpc) is 2.98. The van der Waals surface area contributed by atoms with Crippen molar-refractivity contribution in [1.29, 1.82) is 0 Å². The number of hydrogen-bond donors (Lipinski definition) is 2. The van der Waals surface area contributed by atoms with Crippen LogP contribution in [0.25, 0.3) is 10.2 Å². The maximum atomic E-state index is 13.3. The molecule has 140 valence electrons. The molecule has 0 unspecified atom stereocenters. The van der Waals surface area contributed by atoms with E-state index in [1.807, 2.05) is 19.1 Å². The van der Waals surface area contributed by atoms with Crippen LogP contribution in [0.3, 0.4) is 0 Å². The number of nitrogens with one attached hydrogen (secondary N) is 1. The van der Waals surface area contributed by atoms with Crippen molar-refractivity contribution in [3.05, 3.63) is 84.9 Å². The lowest BCUT2D eigenvalue weighted by Gasteiger charge is -2.06. The predicted molar refractivity (Wildman–Crippen MR) is 111 cm³/mol. The first-order chi connectivity index (χ1) is 12.9. The van der Waals surface area contributed by atoms with Gasteiger partial charge >= 0.3 is 0 Å². The second kappa shape index (κ2) is 9.59. The summed E-state index contributed by atoms with van der Waals surface area (Å²) < 4.78 is 27.3. The maximum Gasteiger partial charge on any atom is 0.205 e. The standard InChI is InChI=1S/C20H20F2N4S/c1-4-6-7-14(5-2)10-16(24-13(3)21)12-19(23)26-20-25-17-11-15(22)8-9-18(17)27-20/h4-9,11-12H,1,3,10,23H2,2H3,(H,25,26)/b7-6-,14-5+,19-12+,24-16-. The van der Waals surface area contributed by atoms with Crippen LogP contribution in [0.4, 0.5) is 13.9 Å². The molecule has 0 saturated heterocycles. The molecule has 2 aromatic rings. The third-order valence-electron chi connectivity index (χ3n) is 3.39. The molecule has 7 heteroatoms. The van der Waals surface area contributed by atoms with E-state index in [-0.39, 0.29) is 11.6 Å². The molecule has 2 rings (SSSR count). The highest BCUT2D eigenvalue weighted by molar-refractivity contribution is 7.22. The summed E-state index contributed by atoms with van der Waals surface area (Å²) >= 11 is 1.33. The van der Waals surface area contributed by atoms with Gasteiger partial charge in [-0.15, -0.1) is 0 Å². The number of thiazole rings is 1. The highest BCUT2D eigenvalue weighted by atomic mass is 32.1. The monoisotopic (exact) mass is 386 g/mol. The second-order valence-electron chi connectivity index (χ2n) is 5.47. The van der Waals surface area contributed by atoms with Crippen LogP contribution in [0.1, 0.15) is 13.3 Å². The van der Waals surface area contributed by atoms with Crippen LogP contribution in [0, 0.1) is 5.82 Å². The molecule has 0 atom stereocenters. The number of rotatable bonds is 8. The summed E-state index contributed by atoms with van der Waals surface area (Å²) in [5.74, 6) is -0.935. The molecule has 27 heavy (non-hydrogen) atoms. The quantitative estimate of drug-likeness (QED) is 0.352. The van der Waals surface area contributed by atoms with Gasteiger partial charge in [0.1, 0.15) is 11.6 Å². The highest BCUT2D eigenvalue weighted by Crippen LogP contribution is 2.26. The average molecular weight is 386 g/mol. The predicted octanol–water partition coefficient (Wildman–Crippen LogP) is 5.61. The highest BCUT2D eigenvalue weighted by Gasteiger charge is 2.07. The van der Waals surface area contributed by atoms with E-state index >= 15 is 0 Å². The summed E-state index contributed by atoms with van der Waals surface area (Å²) in [7, 11) is 0. The molecule has 4 nitrogen and oxygen atoms in total. The van der Waals surface area contributed by atoms with E-state index in [4.69, 9.17) is 5.73 Å². The number of nitrogens with zero attached hydrogens (tertiary/aromatic N) is 2. The summed E-state index contributed by atoms with van der Waals surface area (Å²) in [6.45, 7) is 8.67. The van der Waals surface area contributed by atoms with E-state index in [1.54, 1.807) is 18.2 Å². The minimum absolute atomic E-state index is 0.234. The Morgan fingerprint density at radius 1 is 1.44 bits per heavy atom. The lowest BCUT2D eigenvalue weighted by atomic mass is 10.1. The lowest BCUT2D eigenvalue weighted by molar-refractivity contribution is 0.629. The van der Waals surface area contributed by atoms with E-state index in [2.05, 4.69) is 28.5 Å². The lowest BCUT2D eigenvalue weighted by Crippen LogP contribution is -2.12. The molecular weight excluding hydrogens is 366 g/mol. The van der Waals surface area contributed by atoms with Crippen LogP contribution >= 0.6 is 11.3 Å². The molecule has 0 aliphatic heterocycles. The number of nitrogens with two attached hydrogens (primary N) is 1. The molecule has 0 aliphatic rings. The van der Waals surface area contributed by atoms with Crippen LogP contribution in [0.2, 0.25) is 0 Å². The van der Waals surface area contributed by atoms with Gasteiger partial charge in [-0.1, -0.05) is 42.2 Å². The molecule has 0 fully saturated rings. The summed E-state index contributed by atoms with van der Waals surface area (Å²) in [4.78, 5) is 8.08. The number of hydrogen-bond acceptors (Lipinski definition) is 5. The van der Waals surface area contributed by atoms with E-state index < -0.39 is 5.95 Å². The van der Waals surface area contributed by atoms with Crippen LogP contribution < -0.4 is 11.1 Å². The number of aliphatic imine (C=N–C) groups is 1. The van der Waals surface area contributed by atoms with Crippen LogP contribution in [0.5, 0.6) is 0 Å². The first kappa shape index (κ1) is 20.3. The number of allylic oxidation sites excluding steroid dienone is 6. The Balaban J connectivity index is 2.22. The summed E-state index contributed by atoms with van der Waals surface area (Å²) in [6, 6.07) is 4.37. The molecule has 0 bridgehead atoms. The fourth-order valence-corrected chi connectivity index (χ4v) is 3.10. The first-order valence-corrected chi connectivity index (χ1v) is 8.89. The minimum Gasteiger partial charge on any atom is -0.385 e. The van der Waals surface area contributed by atoms with Crippen molar-refractivity contribution >= 4 is 32.4 Å². The number of fused-ring (bicyclic) bond motifs is 1. The minimum atomic E-state index is -0.812. The molecular formula is C20H20F2N4S. The Kier molecular flexibility index (Phi) is 7.19. The van der Waals surface area contributed by atoms with Crippen LogP contribution in [-0.4, -0.2) is 10.7 Å². The molecule has 1 aromatic heterocycles. The molecule has 0 radical (unpaired) electrons. The van der Waals surface area contributed by atoms with Gasteiger partial charge < -0.3 is 11.1 Å². The van der Waals surface area contributed by atoms with Crippen molar-refractivity contribution in [3.8, 4) is 0 Å². The molecule has 0 spiro atoms. The smallest absolute Gasteiger partial charge is 0.205 e. The van der Waals surface area contributed by atoms with Crippen LogP contribution in [-0.2, 0) is 0 Å². The fourth-order valence-electron chi connectivity index (χ4n) is 2.23. The van der Waals surface area contributed by atoms with Gasteiger partial charge in [0.05, 0.1) is 15.9 Å². The third-order valence-corrected chi connectivity index (χ3v) is 4.34. The van der Waals surface area contributed by atoms with E-state index in [9.17, 15) is 8.78 Å². The Bertz CT molecular complexity index is 968. The number of anilines is 1. The van der Waals surface area contributed by atoms with Gasteiger partial charge in [-0.3, -0.25) is 0 Å². The normalized spacial score (nSPS) is 13.4. The van der Waals surface area contributed by atoms with Gasteiger partial charge in [-0.2, -0.15) is 4.39 Å². The topological polar surface area (TPSA) is 63.3 Å². The third kappa shape index (κ3) is 6.31. The van der Waals surface area contributed by atoms with Crippen molar-refractivity contribution in [2.24, 2.45) is 10.7 Å². The molecule has 3 N–H and O–H groups in total. The van der Waals surface area contributed by atoms with Crippen molar-refractivity contribution in [3.63, 3.8) is 0 Å². The van der Waals surface area contributed by atoms with Gasteiger partial charge in [-0.25, -0.2) is 14.4 Å². The van der Waals surface area contributed by atoms with Crippen LogP contribution in [0.15, 0.2) is 84.1 Å². The van der Waals surface area contributed by atoms with Gasteiger partial charge in [-0.05, 0) is 31.2 Å². The molecule has 0 aliphatic carbocycles. The Morgan fingerprint density at radius 3 is 2.89 bits per heavy atom. The number of halogens is 2. The number of aromatic nitrogens is 1. The summed E-state index contributed by atoms with van der Waals surface area (Å²) in [5.41, 5.74) is 7.84. The van der Waals surface area contributed by atoms with Crippen molar-refractivity contribution in [1.82, 2.24) is 4.98 Å². The first-order valence-electron chi connectivity index (χ1n) is 8.07. The van der Waals surface area contributed by atoms with E-state index in [1.165, 1.54) is 29.5 Å². The zero-order valence-electron chi connectivity index (χ0n) is 14.9. The van der Waals surface area contributed by atoms with Crippen molar-refractivity contribution < 1.29 is 8.78 Å². The molecule has 1 heterocycles. The SMILES string of the molecule is C=C/C=C\C(=C/C)CC(/C=C(\N)Nc1nc2cc(F)ccc2s1)=N/C(=C)F. The van der Waals surface area contributed by atoms with Gasteiger partial charge in [0.2, 0.25) is 5.95 Å². The summed E-state index contributed by atoms with van der Waals surface area (Å²) in [6.07, 6.45) is 9.04. The van der Waals surface area contributed by atoms with Crippen molar-refractivity contribution in [2.75, 3.05) is 5.32 Å². The maximum absolute atomic E-state index is 13.3. The summed E-state index contributed by atoms with van der Waals surface area (Å²) in [5, 5.41) is 3.43. The van der Waals surface area contributed by atoms with E-state index in [0.717, 1.165) is 10.3 Å². The van der Waals surface area contributed by atoms with Crippen molar-refractivity contribution in [2.45, 2.75) is 13.3 Å². The molecule has 0 amide bonds. The Morgan fingerprint density at radius 2 is 2.22 bits per heavy atom. The van der Waals surface area contributed by atoms with Gasteiger partial charge in [0.25, 0.3) is 0 Å². The Hall–Kier alpha value is -3.06. The van der Waals surface area contributed by atoms with Gasteiger partial charge in [0, 0.05) is 18.6 Å². The zero-order chi connectivity index (χ0) is 19.8.